The third-order valence-corrected chi connectivity index (χ3v) is 5.08. The van der Waals surface area contributed by atoms with E-state index in [2.05, 4.69) is 19.2 Å². The summed E-state index contributed by atoms with van der Waals surface area (Å²) < 4.78 is 5.52. The lowest BCUT2D eigenvalue weighted by Gasteiger charge is -2.15. The quantitative estimate of drug-likeness (QED) is 0.576. The summed E-state index contributed by atoms with van der Waals surface area (Å²) in [5.41, 5.74) is 1.53. The zero-order valence-corrected chi connectivity index (χ0v) is 15.7. The topological polar surface area (TPSA) is 75.7 Å². The van der Waals surface area contributed by atoms with E-state index in [-0.39, 0.29) is 19.1 Å². The first-order valence-electron chi connectivity index (χ1n) is 7.89. The molecule has 0 unspecified atom stereocenters. The number of ether oxygens (including phenoxy) is 1. The SMILES string of the molecule is CC(C)c1ccc(C(=O)OCC(=O)NCCN2C(=O)CSC2=S)cc1. The van der Waals surface area contributed by atoms with Gasteiger partial charge in [0.1, 0.15) is 4.32 Å². The van der Waals surface area contributed by atoms with E-state index in [0.717, 1.165) is 5.56 Å². The zero-order chi connectivity index (χ0) is 18.4. The van der Waals surface area contributed by atoms with Crippen molar-refractivity contribution in [2.75, 3.05) is 25.4 Å². The number of thiocarbonyl (C=S) groups is 1. The number of carbonyl (C=O) groups is 3. The van der Waals surface area contributed by atoms with Crippen LogP contribution in [0.15, 0.2) is 24.3 Å². The lowest BCUT2D eigenvalue weighted by Crippen LogP contribution is -2.38. The highest BCUT2D eigenvalue weighted by molar-refractivity contribution is 8.23. The molecule has 1 heterocycles. The van der Waals surface area contributed by atoms with Crippen LogP contribution in [0.5, 0.6) is 0 Å². The molecule has 0 bridgehead atoms. The Kier molecular flexibility index (Phi) is 6.95. The number of nitrogens with zero attached hydrogens (tertiary/aromatic N) is 1. The van der Waals surface area contributed by atoms with E-state index in [1.54, 1.807) is 12.1 Å². The molecule has 2 rings (SSSR count). The second-order valence-electron chi connectivity index (χ2n) is 5.80. The summed E-state index contributed by atoms with van der Waals surface area (Å²) >= 11 is 6.36. The van der Waals surface area contributed by atoms with Crippen molar-refractivity contribution in [3.8, 4) is 0 Å². The fourth-order valence-electron chi connectivity index (χ4n) is 2.17. The van der Waals surface area contributed by atoms with Gasteiger partial charge in [0.05, 0.1) is 11.3 Å². The highest BCUT2D eigenvalue weighted by Gasteiger charge is 2.25. The third kappa shape index (κ3) is 5.54. The van der Waals surface area contributed by atoms with Crippen LogP contribution < -0.4 is 5.32 Å². The largest absolute Gasteiger partial charge is 0.452 e. The number of hydrogen-bond donors (Lipinski definition) is 1. The van der Waals surface area contributed by atoms with E-state index < -0.39 is 11.9 Å². The first-order valence-corrected chi connectivity index (χ1v) is 9.28. The van der Waals surface area contributed by atoms with E-state index in [1.807, 2.05) is 12.1 Å². The van der Waals surface area contributed by atoms with Gasteiger partial charge < -0.3 is 10.1 Å². The van der Waals surface area contributed by atoms with Crippen LogP contribution in [-0.4, -0.2) is 52.5 Å². The van der Waals surface area contributed by atoms with Gasteiger partial charge >= 0.3 is 5.97 Å². The van der Waals surface area contributed by atoms with Crippen LogP contribution in [0.4, 0.5) is 0 Å². The van der Waals surface area contributed by atoms with Gasteiger partial charge in [-0.25, -0.2) is 4.79 Å². The molecule has 6 nitrogen and oxygen atoms in total. The first kappa shape index (κ1) is 19.4. The summed E-state index contributed by atoms with van der Waals surface area (Å²) in [6.45, 7) is 4.35. The third-order valence-electron chi connectivity index (χ3n) is 3.65. The molecule has 2 amide bonds. The van der Waals surface area contributed by atoms with Gasteiger partial charge in [0.2, 0.25) is 5.91 Å². The predicted octanol–water partition coefficient (Wildman–Crippen LogP) is 1.94. The molecule has 25 heavy (non-hydrogen) atoms. The van der Waals surface area contributed by atoms with Crippen LogP contribution in [0.2, 0.25) is 0 Å². The van der Waals surface area contributed by atoms with Crippen molar-refractivity contribution in [3.63, 3.8) is 0 Å². The maximum atomic E-state index is 11.9. The molecule has 0 aromatic heterocycles. The molecule has 1 aliphatic heterocycles. The monoisotopic (exact) mass is 380 g/mol. The van der Waals surface area contributed by atoms with Crippen molar-refractivity contribution in [1.29, 1.82) is 0 Å². The first-order chi connectivity index (χ1) is 11.9. The lowest BCUT2D eigenvalue weighted by atomic mass is 10.0. The van der Waals surface area contributed by atoms with Crippen molar-refractivity contribution < 1.29 is 19.1 Å². The Labute approximate surface area is 156 Å². The van der Waals surface area contributed by atoms with Gasteiger partial charge in [-0.05, 0) is 23.6 Å². The Balaban J connectivity index is 1.71. The predicted molar refractivity (Wildman–Crippen MR) is 101 cm³/mol. The summed E-state index contributed by atoms with van der Waals surface area (Å²) in [6.07, 6.45) is 0. The molecule has 1 aromatic rings. The molecule has 1 aliphatic rings. The molecular weight excluding hydrogens is 360 g/mol. The lowest BCUT2D eigenvalue weighted by molar-refractivity contribution is -0.126. The van der Waals surface area contributed by atoms with Crippen molar-refractivity contribution in [2.24, 2.45) is 0 Å². The maximum absolute atomic E-state index is 11.9. The average Bonchev–Trinajstić information content (AvgIpc) is 2.91. The highest BCUT2D eigenvalue weighted by atomic mass is 32.2. The van der Waals surface area contributed by atoms with Crippen molar-refractivity contribution in [2.45, 2.75) is 19.8 Å². The van der Waals surface area contributed by atoms with Crippen LogP contribution in [0.3, 0.4) is 0 Å². The maximum Gasteiger partial charge on any atom is 0.338 e. The molecule has 0 aliphatic carbocycles. The average molecular weight is 380 g/mol. The number of amides is 2. The summed E-state index contributed by atoms with van der Waals surface area (Å²) in [7, 11) is 0. The second kappa shape index (κ2) is 8.96. The molecule has 134 valence electrons. The van der Waals surface area contributed by atoms with Crippen molar-refractivity contribution in [3.05, 3.63) is 35.4 Å². The fourth-order valence-corrected chi connectivity index (χ4v) is 3.30. The standard InChI is InChI=1S/C17H20N2O4S2/c1-11(2)12-3-5-13(6-4-12)16(22)23-9-14(20)18-7-8-19-15(21)10-25-17(19)24/h3-6,11H,7-10H2,1-2H3,(H,18,20). The van der Waals surface area contributed by atoms with Gasteiger partial charge in [-0.2, -0.15) is 0 Å². The molecular formula is C17H20N2O4S2. The molecule has 1 saturated heterocycles. The van der Waals surface area contributed by atoms with Crippen LogP contribution in [-0.2, 0) is 14.3 Å². The summed E-state index contributed by atoms with van der Waals surface area (Å²) in [5.74, 6) is -0.291. The van der Waals surface area contributed by atoms with E-state index in [1.165, 1.54) is 16.7 Å². The molecule has 1 fully saturated rings. The highest BCUT2D eigenvalue weighted by Crippen LogP contribution is 2.18. The van der Waals surface area contributed by atoms with Crippen LogP contribution in [0.25, 0.3) is 0 Å². The minimum absolute atomic E-state index is 0.0551. The normalized spacial score (nSPS) is 14.1. The minimum atomic E-state index is -0.544. The number of benzene rings is 1. The van der Waals surface area contributed by atoms with Gasteiger partial charge in [0.25, 0.3) is 5.91 Å². The number of esters is 1. The summed E-state index contributed by atoms with van der Waals surface area (Å²) in [4.78, 5) is 36.6. The Morgan fingerprint density at radius 3 is 2.56 bits per heavy atom. The van der Waals surface area contributed by atoms with Gasteiger partial charge in [-0.3, -0.25) is 14.5 Å². The molecule has 0 spiro atoms. The van der Waals surface area contributed by atoms with Crippen LogP contribution in [0, 0.1) is 0 Å². The van der Waals surface area contributed by atoms with Gasteiger partial charge in [-0.15, -0.1) is 0 Å². The van der Waals surface area contributed by atoms with Crippen LogP contribution in [0.1, 0.15) is 35.7 Å². The smallest absolute Gasteiger partial charge is 0.338 e. The number of nitrogens with one attached hydrogen (secondary N) is 1. The Bertz CT molecular complexity index is 658. The van der Waals surface area contributed by atoms with Crippen LogP contribution >= 0.6 is 24.0 Å². The zero-order valence-electron chi connectivity index (χ0n) is 14.1. The molecule has 8 heteroatoms. The second-order valence-corrected chi connectivity index (χ2v) is 7.41. The van der Waals surface area contributed by atoms with E-state index >= 15 is 0 Å². The number of carbonyl (C=O) groups excluding carboxylic acids is 3. The fraction of sp³-hybridized carbons (Fsp3) is 0.412. The molecule has 0 radical (unpaired) electrons. The van der Waals surface area contributed by atoms with Crippen molar-refractivity contribution in [1.82, 2.24) is 10.2 Å². The van der Waals surface area contributed by atoms with E-state index in [4.69, 9.17) is 17.0 Å². The number of hydrogen-bond acceptors (Lipinski definition) is 6. The molecule has 0 atom stereocenters. The molecule has 0 saturated carbocycles. The van der Waals surface area contributed by atoms with Crippen molar-refractivity contribution >= 4 is 46.1 Å². The van der Waals surface area contributed by atoms with E-state index in [0.29, 0.717) is 28.1 Å². The van der Waals surface area contributed by atoms with Gasteiger partial charge in [0.15, 0.2) is 6.61 Å². The summed E-state index contributed by atoms with van der Waals surface area (Å²) in [6, 6.07) is 7.12. The summed E-state index contributed by atoms with van der Waals surface area (Å²) in [5, 5.41) is 2.60. The van der Waals surface area contributed by atoms with Gasteiger partial charge in [-0.1, -0.05) is 50.0 Å². The Morgan fingerprint density at radius 1 is 1.32 bits per heavy atom. The molecule has 1 aromatic carbocycles. The number of thioether (sulfide) groups is 1. The Morgan fingerprint density at radius 2 is 2.00 bits per heavy atom. The minimum Gasteiger partial charge on any atom is -0.452 e. The number of rotatable bonds is 7. The Hall–Kier alpha value is -1.93. The van der Waals surface area contributed by atoms with E-state index in [9.17, 15) is 14.4 Å². The molecule has 1 N–H and O–H groups in total. The van der Waals surface area contributed by atoms with Gasteiger partial charge in [0, 0.05) is 13.1 Å².